The van der Waals surface area contributed by atoms with Crippen LogP contribution in [0.2, 0.25) is 0 Å². The van der Waals surface area contributed by atoms with Crippen molar-refractivity contribution in [3.8, 4) is 0 Å². The van der Waals surface area contributed by atoms with Crippen LogP contribution in [-0.4, -0.2) is 33.0 Å². The number of carbonyl (C=O) groups is 1. The Labute approximate surface area is 173 Å². The molecule has 1 aliphatic rings. The molecule has 0 aliphatic carbocycles. The number of fused-ring (bicyclic) bond motifs is 1. The van der Waals surface area contributed by atoms with Crippen LogP contribution in [-0.2, 0) is 24.3 Å². The molecule has 2 aromatic heterocycles. The van der Waals surface area contributed by atoms with Crippen LogP contribution in [0.25, 0.3) is 10.2 Å². The molecule has 1 aromatic carbocycles. The van der Waals surface area contributed by atoms with E-state index in [4.69, 9.17) is 0 Å². The number of amides is 1. The van der Waals surface area contributed by atoms with Crippen LogP contribution in [0.1, 0.15) is 25.3 Å². The van der Waals surface area contributed by atoms with Gasteiger partial charge in [-0.1, -0.05) is 37.3 Å². The molecular weight excluding hydrogens is 386 g/mol. The van der Waals surface area contributed by atoms with Gasteiger partial charge in [0.2, 0.25) is 5.91 Å². The summed E-state index contributed by atoms with van der Waals surface area (Å²) in [6.07, 6.45) is 2.71. The minimum atomic E-state index is -0.407. The fourth-order valence-corrected chi connectivity index (χ4v) is 4.86. The molecule has 29 heavy (non-hydrogen) atoms. The Morgan fingerprint density at radius 1 is 1.14 bits per heavy atom. The summed E-state index contributed by atoms with van der Waals surface area (Å²) in [5.41, 5.74) is 0.941. The predicted molar refractivity (Wildman–Crippen MR) is 115 cm³/mol. The summed E-state index contributed by atoms with van der Waals surface area (Å²) in [5.74, 6) is 0.421. The number of hydrogen-bond donors (Lipinski definition) is 0. The molecule has 152 valence electrons. The number of rotatable bonds is 5. The number of carbonyl (C=O) groups excluding carboxylic acids is 1. The lowest BCUT2D eigenvalue weighted by atomic mass is 10.0. The normalized spacial score (nSPS) is 17.0. The Kier molecular flexibility index (Phi) is 5.67. The smallest absolute Gasteiger partial charge is 0.332 e. The topological polar surface area (TPSA) is 64.3 Å². The highest BCUT2D eigenvalue weighted by Crippen LogP contribution is 2.18. The van der Waals surface area contributed by atoms with E-state index >= 15 is 0 Å². The fraction of sp³-hybridized carbons (Fsp3) is 0.409. The second-order valence-electron chi connectivity index (χ2n) is 7.78. The van der Waals surface area contributed by atoms with Gasteiger partial charge in [0.1, 0.15) is 11.2 Å². The molecule has 4 rings (SSSR count). The number of aryl methyl sites for hydroxylation is 1. The van der Waals surface area contributed by atoms with Gasteiger partial charge in [0, 0.05) is 19.6 Å². The lowest BCUT2D eigenvalue weighted by Crippen LogP contribution is -2.45. The highest BCUT2D eigenvalue weighted by Gasteiger charge is 2.23. The maximum Gasteiger partial charge on any atom is 0.332 e. The van der Waals surface area contributed by atoms with Gasteiger partial charge in [0.05, 0.1) is 5.52 Å². The van der Waals surface area contributed by atoms with Crippen LogP contribution in [0.3, 0.4) is 0 Å². The Morgan fingerprint density at radius 2 is 1.93 bits per heavy atom. The van der Waals surface area contributed by atoms with Gasteiger partial charge in [-0.2, -0.15) is 0 Å². The zero-order valence-electron chi connectivity index (χ0n) is 16.5. The molecule has 7 heteroatoms. The molecule has 1 amide bonds. The van der Waals surface area contributed by atoms with Crippen molar-refractivity contribution in [3.05, 3.63) is 68.2 Å². The quantitative estimate of drug-likeness (QED) is 0.649. The Balaban J connectivity index is 1.66. The predicted octanol–water partition coefficient (Wildman–Crippen LogP) is 2.73. The second-order valence-corrected chi connectivity index (χ2v) is 8.70. The first-order valence-corrected chi connectivity index (χ1v) is 10.9. The fourth-order valence-electron chi connectivity index (χ4n) is 4.02. The van der Waals surface area contributed by atoms with Crippen LogP contribution < -0.4 is 11.2 Å². The van der Waals surface area contributed by atoms with Crippen molar-refractivity contribution in [1.29, 1.82) is 0 Å². The van der Waals surface area contributed by atoms with Crippen LogP contribution in [0.4, 0.5) is 0 Å². The van der Waals surface area contributed by atoms with Crippen LogP contribution >= 0.6 is 11.3 Å². The summed E-state index contributed by atoms with van der Waals surface area (Å²) in [4.78, 5) is 40.8. The van der Waals surface area contributed by atoms with Crippen LogP contribution in [0, 0.1) is 5.92 Å². The van der Waals surface area contributed by atoms with Crippen LogP contribution in [0.15, 0.2) is 51.4 Å². The first kappa shape index (κ1) is 19.6. The Morgan fingerprint density at radius 3 is 2.69 bits per heavy atom. The Bertz CT molecular complexity index is 1130. The number of aromatic nitrogens is 2. The van der Waals surface area contributed by atoms with Crippen molar-refractivity contribution >= 4 is 27.5 Å². The summed E-state index contributed by atoms with van der Waals surface area (Å²) in [6.45, 7) is 3.88. The Hall–Kier alpha value is -2.67. The van der Waals surface area contributed by atoms with Gasteiger partial charge >= 0.3 is 5.69 Å². The average Bonchev–Trinajstić information content (AvgIpc) is 3.22. The van der Waals surface area contributed by atoms with Crippen molar-refractivity contribution in [1.82, 2.24) is 14.0 Å². The van der Waals surface area contributed by atoms with Crippen molar-refractivity contribution in [2.24, 2.45) is 5.92 Å². The lowest BCUT2D eigenvalue weighted by Gasteiger charge is -2.31. The van der Waals surface area contributed by atoms with Crippen molar-refractivity contribution in [2.75, 3.05) is 13.1 Å². The first-order valence-electron chi connectivity index (χ1n) is 10.1. The monoisotopic (exact) mass is 411 g/mol. The van der Waals surface area contributed by atoms with Crippen LogP contribution in [0.5, 0.6) is 0 Å². The molecule has 1 fully saturated rings. The van der Waals surface area contributed by atoms with Gasteiger partial charge in [-0.05, 0) is 42.2 Å². The number of benzene rings is 1. The molecule has 0 spiro atoms. The van der Waals surface area contributed by atoms with E-state index in [0.29, 0.717) is 29.1 Å². The summed E-state index contributed by atoms with van der Waals surface area (Å²) < 4.78 is 3.27. The zero-order valence-corrected chi connectivity index (χ0v) is 17.4. The van der Waals surface area contributed by atoms with Gasteiger partial charge in [0.25, 0.3) is 5.56 Å². The zero-order chi connectivity index (χ0) is 20.4. The molecule has 0 bridgehead atoms. The van der Waals surface area contributed by atoms with E-state index in [-0.39, 0.29) is 18.0 Å². The third-order valence-corrected chi connectivity index (χ3v) is 6.50. The molecule has 3 heterocycles. The summed E-state index contributed by atoms with van der Waals surface area (Å²) in [7, 11) is 0. The third-order valence-electron chi connectivity index (χ3n) is 5.61. The summed E-state index contributed by atoms with van der Waals surface area (Å²) in [5, 5.41) is 1.80. The molecule has 1 unspecified atom stereocenters. The highest BCUT2D eigenvalue weighted by atomic mass is 32.1. The minimum Gasteiger partial charge on any atom is -0.341 e. The molecule has 3 aromatic rings. The SMILES string of the molecule is CC1CCCN(C(=O)Cn2c(=O)n(CCc3ccccc3)c(=O)c3sccc32)C1. The number of likely N-dealkylation sites (tertiary alicyclic amines) is 1. The number of thiophene rings is 1. The summed E-state index contributed by atoms with van der Waals surface area (Å²) >= 11 is 1.32. The van der Waals surface area contributed by atoms with E-state index in [2.05, 4.69) is 6.92 Å². The molecule has 1 saturated heterocycles. The minimum absolute atomic E-state index is 0.0234. The molecule has 1 atom stereocenters. The highest BCUT2D eigenvalue weighted by molar-refractivity contribution is 7.17. The van der Waals surface area contributed by atoms with Gasteiger partial charge < -0.3 is 4.90 Å². The van der Waals surface area contributed by atoms with E-state index in [1.807, 2.05) is 35.2 Å². The van der Waals surface area contributed by atoms with Gasteiger partial charge in [0.15, 0.2) is 0 Å². The van der Waals surface area contributed by atoms with E-state index in [9.17, 15) is 14.4 Å². The number of nitrogens with zero attached hydrogens (tertiary/aromatic N) is 3. The maximum atomic E-state index is 13.2. The van der Waals surface area contributed by atoms with Gasteiger partial charge in [-0.25, -0.2) is 4.79 Å². The van der Waals surface area contributed by atoms with Gasteiger partial charge in [-0.3, -0.25) is 18.7 Å². The molecule has 1 aliphatic heterocycles. The first-order chi connectivity index (χ1) is 14.0. The van der Waals surface area contributed by atoms with E-state index in [0.717, 1.165) is 31.5 Å². The van der Waals surface area contributed by atoms with E-state index in [1.54, 1.807) is 11.4 Å². The van der Waals surface area contributed by atoms with E-state index < -0.39 is 5.69 Å². The standard InChI is InChI=1S/C22H25N3O3S/c1-16-6-5-11-23(14-16)19(26)15-25-18-10-13-29-20(18)21(27)24(22(25)28)12-9-17-7-3-2-4-8-17/h2-4,7-8,10,13,16H,5-6,9,11-12,14-15H2,1H3. The van der Waals surface area contributed by atoms with Gasteiger partial charge in [-0.15, -0.1) is 11.3 Å². The second kappa shape index (κ2) is 8.37. The maximum absolute atomic E-state index is 13.2. The molecule has 6 nitrogen and oxygen atoms in total. The largest absolute Gasteiger partial charge is 0.341 e. The number of hydrogen-bond acceptors (Lipinski definition) is 4. The van der Waals surface area contributed by atoms with E-state index in [1.165, 1.54) is 20.5 Å². The molecule has 0 radical (unpaired) electrons. The third kappa shape index (κ3) is 4.05. The number of piperidine rings is 1. The van der Waals surface area contributed by atoms with Crippen molar-refractivity contribution < 1.29 is 4.79 Å². The lowest BCUT2D eigenvalue weighted by molar-refractivity contribution is -0.133. The average molecular weight is 412 g/mol. The molecule has 0 saturated carbocycles. The molecular formula is C22H25N3O3S. The van der Waals surface area contributed by atoms with Crippen molar-refractivity contribution in [2.45, 2.75) is 39.3 Å². The summed E-state index contributed by atoms with van der Waals surface area (Å²) in [6, 6.07) is 11.5. The van der Waals surface area contributed by atoms with Crippen molar-refractivity contribution in [3.63, 3.8) is 0 Å². The molecule has 0 N–H and O–H groups in total.